The quantitative estimate of drug-likeness (QED) is 0.797. The fourth-order valence-electron chi connectivity index (χ4n) is 1.04. The number of aryl methyl sites for hydroxylation is 1. The molecule has 2 N–H and O–H groups in total. The van der Waals surface area contributed by atoms with Crippen molar-refractivity contribution in [3.8, 4) is 0 Å². The number of aliphatic hydroxyl groups excluding tert-OH is 1. The second kappa shape index (κ2) is 5.12. The molecule has 4 heteroatoms. The van der Waals surface area contributed by atoms with E-state index in [0.29, 0.717) is 13.0 Å². The van der Waals surface area contributed by atoms with Gasteiger partial charge in [-0.05, 0) is 30.4 Å². The van der Waals surface area contributed by atoms with Crippen LogP contribution in [0.1, 0.15) is 28.6 Å². The molecule has 0 aromatic carbocycles. The lowest BCUT2D eigenvalue weighted by molar-refractivity contribution is 0.0917. The Hall–Kier alpha value is -0.870. The molecule has 1 aromatic rings. The summed E-state index contributed by atoms with van der Waals surface area (Å²) >= 11 is 1.42. The molecule has 0 spiro atoms. The molecular weight excluding hydrogens is 198 g/mol. The van der Waals surface area contributed by atoms with Crippen LogP contribution in [-0.4, -0.2) is 23.7 Å². The molecule has 0 aliphatic carbocycles. The Kier molecular flexibility index (Phi) is 4.10. The van der Waals surface area contributed by atoms with E-state index in [9.17, 15) is 9.90 Å². The molecule has 0 aliphatic rings. The van der Waals surface area contributed by atoms with E-state index in [4.69, 9.17) is 0 Å². The van der Waals surface area contributed by atoms with Crippen LogP contribution in [0.2, 0.25) is 0 Å². The van der Waals surface area contributed by atoms with Crippen LogP contribution in [-0.2, 0) is 0 Å². The Morgan fingerprint density at radius 2 is 2.43 bits per heavy atom. The zero-order valence-electron chi connectivity index (χ0n) is 8.41. The van der Waals surface area contributed by atoms with E-state index >= 15 is 0 Å². The van der Waals surface area contributed by atoms with Crippen molar-refractivity contribution >= 4 is 17.2 Å². The molecule has 78 valence electrons. The van der Waals surface area contributed by atoms with Crippen molar-refractivity contribution in [2.75, 3.05) is 6.54 Å². The van der Waals surface area contributed by atoms with Gasteiger partial charge in [-0.1, -0.05) is 6.92 Å². The molecule has 1 aromatic heterocycles. The number of rotatable bonds is 4. The van der Waals surface area contributed by atoms with E-state index in [1.54, 1.807) is 0 Å². The van der Waals surface area contributed by atoms with Gasteiger partial charge in [-0.15, -0.1) is 11.3 Å². The van der Waals surface area contributed by atoms with Gasteiger partial charge in [0.05, 0.1) is 11.0 Å². The second-order valence-corrected chi connectivity index (χ2v) is 4.12. The molecule has 1 rings (SSSR count). The maximum absolute atomic E-state index is 11.5. The van der Waals surface area contributed by atoms with Gasteiger partial charge in [-0.25, -0.2) is 0 Å². The maximum Gasteiger partial charge on any atom is 0.261 e. The van der Waals surface area contributed by atoms with Gasteiger partial charge in [-0.2, -0.15) is 0 Å². The van der Waals surface area contributed by atoms with Crippen molar-refractivity contribution in [2.24, 2.45) is 0 Å². The summed E-state index contributed by atoms with van der Waals surface area (Å²) in [5.74, 6) is -0.0926. The van der Waals surface area contributed by atoms with Crippen molar-refractivity contribution in [2.45, 2.75) is 26.4 Å². The molecule has 0 saturated carbocycles. The van der Waals surface area contributed by atoms with Crippen LogP contribution in [0.5, 0.6) is 0 Å². The third-order valence-corrected chi connectivity index (χ3v) is 3.05. The smallest absolute Gasteiger partial charge is 0.261 e. The minimum Gasteiger partial charge on any atom is -0.391 e. The number of hydrogen-bond donors (Lipinski definition) is 2. The molecule has 0 saturated heterocycles. The van der Waals surface area contributed by atoms with Crippen LogP contribution in [0.15, 0.2) is 11.4 Å². The molecule has 14 heavy (non-hydrogen) atoms. The van der Waals surface area contributed by atoms with Crippen LogP contribution in [0, 0.1) is 6.92 Å². The summed E-state index contributed by atoms with van der Waals surface area (Å²) in [4.78, 5) is 12.3. The highest BCUT2D eigenvalue weighted by atomic mass is 32.1. The monoisotopic (exact) mass is 213 g/mol. The van der Waals surface area contributed by atoms with Gasteiger partial charge in [0.2, 0.25) is 0 Å². The molecule has 0 fully saturated rings. The van der Waals surface area contributed by atoms with Crippen LogP contribution in [0.4, 0.5) is 0 Å². The lowest BCUT2D eigenvalue weighted by atomic mass is 10.2. The average molecular weight is 213 g/mol. The lowest BCUT2D eigenvalue weighted by Gasteiger charge is -2.08. The van der Waals surface area contributed by atoms with Crippen LogP contribution in [0.3, 0.4) is 0 Å². The van der Waals surface area contributed by atoms with Gasteiger partial charge in [-0.3, -0.25) is 4.79 Å². The first kappa shape index (κ1) is 11.2. The van der Waals surface area contributed by atoms with Crippen molar-refractivity contribution < 1.29 is 9.90 Å². The van der Waals surface area contributed by atoms with Gasteiger partial charge in [0.1, 0.15) is 0 Å². The summed E-state index contributed by atoms with van der Waals surface area (Å²) in [6.07, 6.45) is 0.211. The Morgan fingerprint density at radius 3 is 2.93 bits per heavy atom. The molecule has 1 heterocycles. The summed E-state index contributed by atoms with van der Waals surface area (Å²) < 4.78 is 0. The van der Waals surface area contributed by atoms with Gasteiger partial charge in [0.25, 0.3) is 5.91 Å². The number of carbonyl (C=O) groups excluding carboxylic acids is 1. The minimum absolute atomic E-state index is 0.0926. The van der Waals surface area contributed by atoms with Crippen LogP contribution in [0.25, 0.3) is 0 Å². The van der Waals surface area contributed by atoms with E-state index in [1.165, 1.54) is 11.3 Å². The summed E-state index contributed by atoms with van der Waals surface area (Å²) in [6, 6.07) is 1.91. The fourth-order valence-corrected chi connectivity index (χ4v) is 1.88. The molecule has 1 amide bonds. The van der Waals surface area contributed by atoms with Crippen molar-refractivity contribution in [1.82, 2.24) is 5.32 Å². The SMILES string of the molecule is CCC(O)CNC(=O)c1sccc1C. The highest BCUT2D eigenvalue weighted by molar-refractivity contribution is 7.12. The summed E-state index contributed by atoms with van der Waals surface area (Å²) in [7, 11) is 0. The van der Waals surface area contributed by atoms with Crippen molar-refractivity contribution in [1.29, 1.82) is 0 Å². The third-order valence-electron chi connectivity index (χ3n) is 2.04. The molecule has 1 atom stereocenters. The van der Waals surface area contributed by atoms with Crippen molar-refractivity contribution in [3.05, 3.63) is 21.9 Å². The number of carbonyl (C=O) groups is 1. The molecule has 1 unspecified atom stereocenters. The van der Waals surface area contributed by atoms with Gasteiger partial charge in [0, 0.05) is 6.54 Å². The number of aliphatic hydroxyl groups is 1. The lowest BCUT2D eigenvalue weighted by Crippen LogP contribution is -2.31. The van der Waals surface area contributed by atoms with Gasteiger partial charge in [0.15, 0.2) is 0 Å². The number of hydrogen-bond acceptors (Lipinski definition) is 3. The molecule has 3 nitrogen and oxygen atoms in total. The van der Waals surface area contributed by atoms with Crippen LogP contribution >= 0.6 is 11.3 Å². The molecule has 0 aliphatic heterocycles. The normalized spacial score (nSPS) is 12.5. The third kappa shape index (κ3) is 2.82. The van der Waals surface area contributed by atoms with Gasteiger partial charge >= 0.3 is 0 Å². The highest BCUT2D eigenvalue weighted by Crippen LogP contribution is 2.14. The number of amides is 1. The largest absolute Gasteiger partial charge is 0.391 e. The summed E-state index contributed by atoms with van der Waals surface area (Å²) in [6.45, 7) is 4.11. The Labute approximate surface area is 87.8 Å². The first-order valence-corrected chi connectivity index (χ1v) is 5.53. The molecule has 0 radical (unpaired) electrons. The molecule has 0 bridgehead atoms. The summed E-state index contributed by atoms with van der Waals surface area (Å²) in [5.41, 5.74) is 0.985. The first-order chi connectivity index (χ1) is 6.65. The Balaban J connectivity index is 2.47. The van der Waals surface area contributed by atoms with E-state index in [-0.39, 0.29) is 5.91 Å². The van der Waals surface area contributed by atoms with E-state index in [2.05, 4.69) is 5.32 Å². The van der Waals surface area contributed by atoms with E-state index in [0.717, 1.165) is 10.4 Å². The predicted octanol–water partition coefficient (Wildman–Crippen LogP) is 1.56. The number of thiophene rings is 1. The zero-order valence-corrected chi connectivity index (χ0v) is 9.23. The van der Waals surface area contributed by atoms with E-state index < -0.39 is 6.10 Å². The van der Waals surface area contributed by atoms with Gasteiger partial charge < -0.3 is 10.4 Å². The second-order valence-electron chi connectivity index (χ2n) is 3.20. The topological polar surface area (TPSA) is 49.3 Å². The van der Waals surface area contributed by atoms with E-state index in [1.807, 2.05) is 25.3 Å². The Morgan fingerprint density at radius 1 is 1.71 bits per heavy atom. The highest BCUT2D eigenvalue weighted by Gasteiger charge is 2.10. The summed E-state index contributed by atoms with van der Waals surface area (Å²) in [5, 5.41) is 13.8. The molecular formula is C10H15NO2S. The fraction of sp³-hybridized carbons (Fsp3) is 0.500. The zero-order chi connectivity index (χ0) is 10.6. The predicted molar refractivity (Wildman–Crippen MR) is 57.7 cm³/mol. The van der Waals surface area contributed by atoms with Crippen molar-refractivity contribution in [3.63, 3.8) is 0 Å². The Bertz CT molecular complexity index is 309. The minimum atomic E-state index is -0.445. The van der Waals surface area contributed by atoms with Crippen LogP contribution < -0.4 is 5.32 Å². The average Bonchev–Trinajstić information content (AvgIpc) is 2.60. The standard InChI is InChI=1S/C10H15NO2S/c1-3-8(12)6-11-10(13)9-7(2)4-5-14-9/h4-5,8,12H,3,6H2,1-2H3,(H,11,13). The maximum atomic E-state index is 11.5. The number of nitrogens with one attached hydrogen (secondary N) is 1. The first-order valence-electron chi connectivity index (χ1n) is 4.65.